The Morgan fingerprint density at radius 2 is 2.18 bits per heavy atom. The molecule has 0 aromatic carbocycles. The number of hydrogen-bond acceptors (Lipinski definition) is 2. The smallest absolute Gasteiger partial charge is 0.0607 e. The van der Waals surface area contributed by atoms with E-state index in [1.54, 1.807) is 6.20 Å². The molecule has 11 heavy (non-hydrogen) atoms. The predicted octanol–water partition coefficient (Wildman–Crippen LogP) is 2.04. The number of aromatic nitrogens is 1. The zero-order valence-electron chi connectivity index (χ0n) is 6.63. The molecule has 0 saturated heterocycles. The van der Waals surface area contributed by atoms with Crippen molar-refractivity contribution < 1.29 is 0 Å². The van der Waals surface area contributed by atoms with Crippen LogP contribution in [0.3, 0.4) is 0 Å². The monoisotopic (exact) mass is 214 g/mol. The molecule has 0 aliphatic heterocycles. The Hall–Kier alpha value is -0.410. The summed E-state index contributed by atoms with van der Waals surface area (Å²) in [5, 5.41) is 0. The van der Waals surface area contributed by atoms with Crippen LogP contribution in [0.4, 0.5) is 0 Å². The van der Waals surface area contributed by atoms with Crippen molar-refractivity contribution in [2.75, 3.05) is 0 Å². The fraction of sp³-hybridized carbons (Fsp3) is 0.375. The molecule has 1 rings (SSSR count). The molecule has 2 N–H and O–H groups in total. The summed E-state index contributed by atoms with van der Waals surface area (Å²) in [6.45, 7) is 3.86. The van der Waals surface area contributed by atoms with Crippen molar-refractivity contribution in [3.8, 4) is 0 Å². The minimum absolute atomic E-state index is 0.357. The maximum Gasteiger partial charge on any atom is 0.0607 e. The first-order chi connectivity index (χ1) is 5.00. The summed E-state index contributed by atoms with van der Waals surface area (Å²) in [5.74, 6) is 0. The van der Waals surface area contributed by atoms with E-state index in [9.17, 15) is 0 Å². The highest BCUT2D eigenvalue weighted by atomic mass is 79.9. The van der Waals surface area contributed by atoms with E-state index < -0.39 is 0 Å². The highest BCUT2D eigenvalue weighted by Crippen LogP contribution is 2.17. The Balaban J connectivity index is 3.06. The maximum absolute atomic E-state index is 5.84. The second-order valence-electron chi connectivity index (χ2n) is 3.08. The minimum atomic E-state index is -0.357. The van der Waals surface area contributed by atoms with Crippen molar-refractivity contribution in [2.24, 2.45) is 5.73 Å². The van der Waals surface area contributed by atoms with Crippen LogP contribution in [0.25, 0.3) is 0 Å². The third kappa shape index (κ3) is 2.27. The van der Waals surface area contributed by atoms with E-state index >= 15 is 0 Å². The highest BCUT2D eigenvalue weighted by molar-refractivity contribution is 9.10. The van der Waals surface area contributed by atoms with E-state index in [1.165, 1.54) is 0 Å². The third-order valence-corrected chi connectivity index (χ3v) is 1.88. The molecular formula is C8H11BrN2. The van der Waals surface area contributed by atoms with Gasteiger partial charge in [-0.1, -0.05) is 15.9 Å². The largest absolute Gasteiger partial charge is 0.321 e. The SMILES string of the molecule is CC(C)(N)c1cc(Br)ccn1. The zero-order chi connectivity index (χ0) is 8.48. The Morgan fingerprint density at radius 3 is 2.55 bits per heavy atom. The first-order valence-corrected chi connectivity index (χ1v) is 4.20. The van der Waals surface area contributed by atoms with Crippen LogP contribution in [0.1, 0.15) is 19.5 Å². The van der Waals surface area contributed by atoms with E-state index in [1.807, 2.05) is 26.0 Å². The molecule has 0 amide bonds. The lowest BCUT2D eigenvalue weighted by atomic mass is 10.0. The molecule has 3 heteroatoms. The summed E-state index contributed by atoms with van der Waals surface area (Å²) in [7, 11) is 0. The molecular weight excluding hydrogens is 204 g/mol. The van der Waals surface area contributed by atoms with Crippen molar-refractivity contribution in [3.63, 3.8) is 0 Å². The van der Waals surface area contributed by atoms with E-state index in [0.717, 1.165) is 10.2 Å². The molecule has 1 heterocycles. The normalized spacial score (nSPS) is 11.6. The molecule has 0 spiro atoms. The maximum atomic E-state index is 5.84. The molecule has 1 aromatic heterocycles. The van der Waals surface area contributed by atoms with Crippen LogP contribution in [0.2, 0.25) is 0 Å². The minimum Gasteiger partial charge on any atom is -0.321 e. The fourth-order valence-electron chi connectivity index (χ4n) is 0.757. The zero-order valence-corrected chi connectivity index (χ0v) is 8.22. The van der Waals surface area contributed by atoms with Crippen molar-refractivity contribution in [3.05, 3.63) is 28.5 Å². The lowest BCUT2D eigenvalue weighted by Crippen LogP contribution is -2.29. The van der Waals surface area contributed by atoms with Gasteiger partial charge in [0, 0.05) is 10.7 Å². The van der Waals surface area contributed by atoms with E-state index in [-0.39, 0.29) is 5.54 Å². The Bertz CT molecular complexity index is 253. The van der Waals surface area contributed by atoms with Crippen molar-refractivity contribution >= 4 is 15.9 Å². The summed E-state index contributed by atoms with van der Waals surface area (Å²) in [6, 6.07) is 3.81. The average molecular weight is 215 g/mol. The topological polar surface area (TPSA) is 38.9 Å². The predicted molar refractivity (Wildman–Crippen MR) is 49.2 cm³/mol. The van der Waals surface area contributed by atoms with Gasteiger partial charge in [0.1, 0.15) is 0 Å². The fourth-order valence-corrected chi connectivity index (χ4v) is 1.09. The van der Waals surface area contributed by atoms with Crippen LogP contribution in [0.15, 0.2) is 22.8 Å². The Morgan fingerprint density at radius 1 is 1.55 bits per heavy atom. The second kappa shape index (κ2) is 2.91. The third-order valence-electron chi connectivity index (χ3n) is 1.38. The first kappa shape index (κ1) is 8.68. The summed E-state index contributed by atoms with van der Waals surface area (Å²) in [4.78, 5) is 4.16. The van der Waals surface area contributed by atoms with Crippen molar-refractivity contribution in [1.82, 2.24) is 4.98 Å². The molecule has 0 bridgehead atoms. The van der Waals surface area contributed by atoms with Gasteiger partial charge in [0.15, 0.2) is 0 Å². The van der Waals surface area contributed by atoms with Gasteiger partial charge in [-0.3, -0.25) is 4.98 Å². The van der Waals surface area contributed by atoms with Gasteiger partial charge in [-0.25, -0.2) is 0 Å². The first-order valence-electron chi connectivity index (χ1n) is 3.41. The van der Waals surface area contributed by atoms with Crippen molar-refractivity contribution in [1.29, 1.82) is 0 Å². The Kier molecular flexibility index (Phi) is 2.30. The van der Waals surface area contributed by atoms with Crippen LogP contribution in [0, 0.1) is 0 Å². The van der Waals surface area contributed by atoms with Gasteiger partial charge in [-0.05, 0) is 26.0 Å². The van der Waals surface area contributed by atoms with Crippen LogP contribution in [0.5, 0.6) is 0 Å². The molecule has 0 aliphatic carbocycles. The van der Waals surface area contributed by atoms with Gasteiger partial charge in [-0.15, -0.1) is 0 Å². The van der Waals surface area contributed by atoms with Crippen LogP contribution >= 0.6 is 15.9 Å². The van der Waals surface area contributed by atoms with Crippen LogP contribution < -0.4 is 5.73 Å². The number of rotatable bonds is 1. The van der Waals surface area contributed by atoms with Gasteiger partial charge >= 0.3 is 0 Å². The van der Waals surface area contributed by atoms with Crippen LogP contribution in [-0.2, 0) is 5.54 Å². The summed E-state index contributed by atoms with van der Waals surface area (Å²) >= 11 is 3.36. The van der Waals surface area contributed by atoms with Gasteiger partial charge < -0.3 is 5.73 Å². The summed E-state index contributed by atoms with van der Waals surface area (Å²) in [6.07, 6.45) is 1.74. The standard InChI is InChI=1S/C8H11BrN2/c1-8(2,10)7-5-6(9)3-4-11-7/h3-5H,10H2,1-2H3. The lowest BCUT2D eigenvalue weighted by molar-refractivity contribution is 0.535. The van der Waals surface area contributed by atoms with Gasteiger partial charge in [-0.2, -0.15) is 0 Å². The molecule has 0 unspecified atom stereocenters. The number of hydrogen-bond donors (Lipinski definition) is 1. The molecule has 2 nitrogen and oxygen atoms in total. The number of nitrogens with two attached hydrogens (primary N) is 1. The average Bonchev–Trinajstić information content (AvgIpc) is 1.86. The lowest BCUT2D eigenvalue weighted by Gasteiger charge is -2.17. The number of halogens is 1. The summed E-state index contributed by atoms with van der Waals surface area (Å²) in [5.41, 5.74) is 6.38. The molecule has 1 aromatic rings. The van der Waals surface area contributed by atoms with E-state index in [2.05, 4.69) is 20.9 Å². The van der Waals surface area contributed by atoms with E-state index in [0.29, 0.717) is 0 Å². The van der Waals surface area contributed by atoms with Crippen molar-refractivity contribution in [2.45, 2.75) is 19.4 Å². The molecule has 0 fully saturated rings. The molecule has 0 aliphatic rings. The van der Waals surface area contributed by atoms with Crippen LogP contribution in [-0.4, -0.2) is 4.98 Å². The van der Waals surface area contributed by atoms with E-state index in [4.69, 9.17) is 5.73 Å². The second-order valence-corrected chi connectivity index (χ2v) is 4.00. The van der Waals surface area contributed by atoms with Gasteiger partial charge in [0.05, 0.1) is 11.2 Å². The number of nitrogens with zero attached hydrogens (tertiary/aromatic N) is 1. The van der Waals surface area contributed by atoms with Gasteiger partial charge in [0.25, 0.3) is 0 Å². The molecule has 60 valence electrons. The number of pyridine rings is 1. The summed E-state index contributed by atoms with van der Waals surface area (Å²) < 4.78 is 1.01. The molecule has 0 atom stereocenters. The Labute approximate surface area is 75.0 Å². The van der Waals surface area contributed by atoms with Gasteiger partial charge in [0.2, 0.25) is 0 Å². The quantitative estimate of drug-likeness (QED) is 0.778. The molecule has 0 radical (unpaired) electrons. The molecule has 0 saturated carbocycles. The highest BCUT2D eigenvalue weighted by Gasteiger charge is 2.14.